The average molecular weight is 347 g/mol. The minimum atomic E-state index is -0.870. The Morgan fingerprint density at radius 2 is 1.96 bits per heavy atom. The Balaban J connectivity index is 1.86. The van der Waals surface area contributed by atoms with E-state index in [0.29, 0.717) is 5.56 Å². The van der Waals surface area contributed by atoms with Gasteiger partial charge in [-0.1, -0.05) is 41.9 Å². The Kier molecular flexibility index (Phi) is 4.66. The van der Waals surface area contributed by atoms with E-state index in [0.717, 1.165) is 12.8 Å². The summed E-state index contributed by atoms with van der Waals surface area (Å²) in [5, 5.41) is 13.8. The van der Waals surface area contributed by atoms with E-state index in [4.69, 9.17) is 16.3 Å². The molecule has 1 aliphatic rings. The molecule has 0 heterocycles. The first-order chi connectivity index (χ1) is 11.5. The van der Waals surface area contributed by atoms with Crippen LogP contribution in [0.3, 0.4) is 0 Å². The van der Waals surface area contributed by atoms with Crippen molar-refractivity contribution in [2.24, 2.45) is 0 Å². The predicted molar refractivity (Wildman–Crippen MR) is 89.1 cm³/mol. The topological polar surface area (TPSA) is 81.5 Å². The number of nitro groups is 1. The standard InChI is InChI=1S/C17H15ClN2O4/c18-14-10-13(20(22)23)8-9-15(14)24-16(11-4-2-1-3-5-11)17(21)19-12-6-7-12/h1-5,8-10,12,16H,6-7H2,(H,19,21)/t16-/m1/s1. The smallest absolute Gasteiger partial charge is 0.271 e. The molecular weight excluding hydrogens is 332 g/mol. The maximum absolute atomic E-state index is 12.5. The van der Waals surface area contributed by atoms with E-state index in [9.17, 15) is 14.9 Å². The van der Waals surface area contributed by atoms with Gasteiger partial charge in [0.2, 0.25) is 6.10 Å². The monoisotopic (exact) mass is 346 g/mol. The minimum Gasteiger partial charge on any atom is -0.474 e. The number of carbonyl (C=O) groups is 1. The molecule has 1 atom stereocenters. The van der Waals surface area contributed by atoms with Gasteiger partial charge in [0.05, 0.1) is 9.95 Å². The third-order valence-corrected chi connectivity index (χ3v) is 3.93. The highest BCUT2D eigenvalue weighted by Gasteiger charge is 2.30. The third-order valence-electron chi connectivity index (χ3n) is 3.64. The van der Waals surface area contributed by atoms with Crippen molar-refractivity contribution in [2.45, 2.75) is 25.0 Å². The Morgan fingerprint density at radius 1 is 1.25 bits per heavy atom. The number of nitrogens with one attached hydrogen (secondary N) is 1. The fourth-order valence-electron chi connectivity index (χ4n) is 2.23. The zero-order valence-corrected chi connectivity index (χ0v) is 13.4. The van der Waals surface area contributed by atoms with Gasteiger partial charge in [0.25, 0.3) is 11.6 Å². The summed E-state index contributed by atoms with van der Waals surface area (Å²) in [6.45, 7) is 0. The Labute approximate surface area is 143 Å². The van der Waals surface area contributed by atoms with E-state index in [1.165, 1.54) is 18.2 Å². The minimum absolute atomic E-state index is 0.0874. The number of halogens is 1. The number of nitro benzene ring substituents is 1. The first-order valence-electron chi connectivity index (χ1n) is 7.50. The Bertz CT molecular complexity index is 762. The number of benzene rings is 2. The fourth-order valence-corrected chi connectivity index (χ4v) is 2.45. The molecule has 0 saturated heterocycles. The molecule has 0 unspecified atom stereocenters. The number of hydrogen-bond donors (Lipinski definition) is 1. The van der Waals surface area contributed by atoms with Crippen molar-refractivity contribution < 1.29 is 14.5 Å². The summed E-state index contributed by atoms with van der Waals surface area (Å²) < 4.78 is 5.79. The van der Waals surface area contributed by atoms with E-state index in [2.05, 4.69) is 5.32 Å². The number of non-ortho nitro benzene ring substituents is 1. The van der Waals surface area contributed by atoms with Crippen LogP contribution in [0.25, 0.3) is 0 Å². The number of nitrogens with zero attached hydrogens (tertiary/aromatic N) is 1. The molecule has 1 saturated carbocycles. The van der Waals surface area contributed by atoms with Crippen molar-refractivity contribution in [2.75, 3.05) is 0 Å². The molecule has 0 aromatic heterocycles. The summed E-state index contributed by atoms with van der Waals surface area (Å²) in [5.74, 6) is -0.0276. The van der Waals surface area contributed by atoms with E-state index >= 15 is 0 Å². The summed E-state index contributed by atoms with van der Waals surface area (Å²) in [6.07, 6.45) is 1.06. The Morgan fingerprint density at radius 3 is 2.54 bits per heavy atom. The first-order valence-corrected chi connectivity index (χ1v) is 7.88. The lowest BCUT2D eigenvalue weighted by atomic mass is 10.1. The number of ether oxygens (including phenoxy) is 1. The van der Waals surface area contributed by atoms with Gasteiger partial charge in [0.15, 0.2) is 0 Å². The van der Waals surface area contributed by atoms with Crippen LogP contribution >= 0.6 is 11.6 Å². The van der Waals surface area contributed by atoms with Gasteiger partial charge in [-0.05, 0) is 18.9 Å². The number of hydrogen-bond acceptors (Lipinski definition) is 4. The molecule has 3 rings (SSSR count). The molecule has 1 aliphatic carbocycles. The Hall–Kier alpha value is -2.60. The van der Waals surface area contributed by atoms with Gasteiger partial charge in [0, 0.05) is 23.7 Å². The summed E-state index contributed by atoms with van der Waals surface area (Å²) in [6, 6.07) is 13.1. The zero-order chi connectivity index (χ0) is 17.1. The highest BCUT2D eigenvalue weighted by atomic mass is 35.5. The van der Waals surface area contributed by atoms with Crippen molar-refractivity contribution in [1.82, 2.24) is 5.32 Å². The normalized spacial score (nSPS) is 14.7. The summed E-state index contributed by atoms with van der Waals surface area (Å²) in [7, 11) is 0. The van der Waals surface area contributed by atoms with Gasteiger partial charge in [-0.2, -0.15) is 0 Å². The lowest BCUT2D eigenvalue weighted by Crippen LogP contribution is -2.33. The van der Waals surface area contributed by atoms with Gasteiger partial charge in [0.1, 0.15) is 5.75 Å². The molecule has 1 N–H and O–H groups in total. The van der Waals surface area contributed by atoms with Gasteiger partial charge in [-0.15, -0.1) is 0 Å². The van der Waals surface area contributed by atoms with Crippen molar-refractivity contribution in [3.8, 4) is 5.75 Å². The van der Waals surface area contributed by atoms with Crippen LogP contribution in [0.1, 0.15) is 24.5 Å². The SMILES string of the molecule is O=C(NC1CC1)[C@H](Oc1ccc([N+](=O)[O-])cc1Cl)c1ccccc1. The van der Waals surface area contributed by atoms with Gasteiger partial charge in [-0.25, -0.2) is 0 Å². The summed E-state index contributed by atoms with van der Waals surface area (Å²) >= 11 is 6.07. The summed E-state index contributed by atoms with van der Waals surface area (Å²) in [5.41, 5.74) is 0.552. The molecule has 7 heteroatoms. The van der Waals surface area contributed by atoms with E-state index < -0.39 is 11.0 Å². The molecular formula is C17H15ClN2O4. The lowest BCUT2D eigenvalue weighted by Gasteiger charge is -2.19. The van der Waals surface area contributed by atoms with Gasteiger partial charge >= 0.3 is 0 Å². The molecule has 0 spiro atoms. The largest absolute Gasteiger partial charge is 0.474 e. The van der Waals surface area contributed by atoms with Crippen LogP contribution in [0.4, 0.5) is 5.69 Å². The average Bonchev–Trinajstić information content (AvgIpc) is 3.38. The number of rotatable bonds is 6. The van der Waals surface area contributed by atoms with E-state index in [1.807, 2.05) is 18.2 Å². The molecule has 2 aromatic rings. The maximum atomic E-state index is 12.5. The second kappa shape index (κ2) is 6.88. The summed E-state index contributed by atoms with van der Waals surface area (Å²) in [4.78, 5) is 22.7. The predicted octanol–water partition coefficient (Wildman–Crippen LogP) is 3.65. The van der Waals surface area contributed by atoms with Crippen LogP contribution in [-0.2, 0) is 4.79 Å². The van der Waals surface area contributed by atoms with Gasteiger partial charge in [-0.3, -0.25) is 14.9 Å². The van der Waals surface area contributed by atoms with Crippen LogP contribution in [-0.4, -0.2) is 16.9 Å². The number of carbonyl (C=O) groups excluding carboxylic acids is 1. The molecule has 6 nitrogen and oxygen atoms in total. The molecule has 24 heavy (non-hydrogen) atoms. The first kappa shape index (κ1) is 16.3. The molecule has 0 radical (unpaired) electrons. The highest BCUT2D eigenvalue weighted by molar-refractivity contribution is 6.32. The molecule has 124 valence electrons. The molecule has 1 fully saturated rings. The van der Waals surface area contributed by atoms with Crippen LogP contribution in [0.2, 0.25) is 5.02 Å². The maximum Gasteiger partial charge on any atom is 0.271 e. The second-order valence-electron chi connectivity index (χ2n) is 5.56. The quantitative estimate of drug-likeness (QED) is 0.639. The van der Waals surface area contributed by atoms with Crippen molar-refractivity contribution in [3.63, 3.8) is 0 Å². The van der Waals surface area contributed by atoms with Crippen LogP contribution in [0.5, 0.6) is 5.75 Å². The van der Waals surface area contributed by atoms with Crippen molar-refractivity contribution in [3.05, 3.63) is 69.2 Å². The van der Waals surface area contributed by atoms with Crippen LogP contribution in [0.15, 0.2) is 48.5 Å². The molecule has 1 amide bonds. The fraction of sp³-hybridized carbons (Fsp3) is 0.235. The van der Waals surface area contributed by atoms with Gasteiger partial charge < -0.3 is 10.1 Å². The van der Waals surface area contributed by atoms with E-state index in [1.54, 1.807) is 12.1 Å². The third kappa shape index (κ3) is 3.83. The number of amides is 1. The van der Waals surface area contributed by atoms with Crippen molar-refractivity contribution >= 4 is 23.2 Å². The lowest BCUT2D eigenvalue weighted by molar-refractivity contribution is -0.384. The molecule has 0 aliphatic heterocycles. The van der Waals surface area contributed by atoms with Crippen LogP contribution < -0.4 is 10.1 Å². The molecule has 0 bridgehead atoms. The van der Waals surface area contributed by atoms with Crippen LogP contribution in [0, 0.1) is 10.1 Å². The van der Waals surface area contributed by atoms with Crippen molar-refractivity contribution in [1.29, 1.82) is 0 Å². The molecule has 2 aromatic carbocycles. The van der Waals surface area contributed by atoms with E-state index in [-0.39, 0.29) is 28.4 Å². The highest BCUT2D eigenvalue weighted by Crippen LogP contribution is 2.32. The zero-order valence-electron chi connectivity index (χ0n) is 12.6. The second-order valence-corrected chi connectivity index (χ2v) is 5.97.